The minimum atomic E-state index is -4.89. The Morgan fingerprint density at radius 1 is 0.959 bits per heavy atom. The lowest BCUT2D eigenvalue weighted by Gasteiger charge is -2.31. The van der Waals surface area contributed by atoms with E-state index in [9.17, 15) is 40.7 Å². The monoisotopic (exact) mass is 705 g/mol. The van der Waals surface area contributed by atoms with Crippen LogP contribution in [-0.2, 0) is 44.7 Å². The topological polar surface area (TPSA) is 115 Å². The van der Waals surface area contributed by atoms with Crippen molar-refractivity contribution >= 4 is 18.0 Å². The standard InChI is InChI=1S/C32H41F6N5O6/c1-31(2,3)49-30(46)39-21(15-20-16-23(34)24(35)18-22(20)33)17-26(44)42-8-9-43-25(19-42)27(40-29(43)32(36,37)38)28(45)48-12-6-4-5-7-41-10-13-47-14-11-41/h16,18,21H,4-15,17,19H2,1-3H3,(H,39,46)/t21-/m1/s1. The summed E-state index contributed by atoms with van der Waals surface area (Å²) < 4.78 is 100. The quantitative estimate of drug-likeness (QED) is 0.144. The van der Waals surface area contributed by atoms with Crippen molar-refractivity contribution in [2.45, 2.75) is 83.8 Å². The van der Waals surface area contributed by atoms with Gasteiger partial charge in [0.2, 0.25) is 11.7 Å². The molecule has 1 atom stereocenters. The number of carbonyl (C=O) groups is 3. The van der Waals surface area contributed by atoms with E-state index in [0.717, 1.165) is 37.0 Å². The summed E-state index contributed by atoms with van der Waals surface area (Å²) in [7, 11) is 0. The molecule has 272 valence electrons. The van der Waals surface area contributed by atoms with Gasteiger partial charge in [-0.15, -0.1) is 0 Å². The van der Waals surface area contributed by atoms with Gasteiger partial charge < -0.3 is 29.0 Å². The van der Waals surface area contributed by atoms with Crippen LogP contribution in [0, 0.1) is 17.5 Å². The fourth-order valence-electron chi connectivity index (χ4n) is 5.61. The number of halogens is 6. The zero-order valence-corrected chi connectivity index (χ0v) is 27.6. The van der Waals surface area contributed by atoms with Crippen molar-refractivity contribution in [2.75, 3.05) is 46.0 Å². The summed E-state index contributed by atoms with van der Waals surface area (Å²) in [6.45, 7) is 7.63. The van der Waals surface area contributed by atoms with Crippen LogP contribution in [0.4, 0.5) is 31.1 Å². The van der Waals surface area contributed by atoms with Crippen LogP contribution in [0.2, 0.25) is 0 Å². The predicted molar refractivity (Wildman–Crippen MR) is 162 cm³/mol. The second kappa shape index (κ2) is 16.2. The summed E-state index contributed by atoms with van der Waals surface area (Å²) in [5.74, 6) is -6.90. The van der Waals surface area contributed by atoms with Crippen LogP contribution in [0.5, 0.6) is 0 Å². The number of alkyl halides is 3. The van der Waals surface area contributed by atoms with E-state index in [1.165, 1.54) is 4.90 Å². The third-order valence-electron chi connectivity index (χ3n) is 7.96. The number of esters is 1. The highest BCUT2D eigenvalue weighted by molar-refractivity contribution is 5.89. The number of imidazole rings is 1. The van der Waals surface area contributed by atoms with Gasteiger partial charge in [-0.3, -0.25) is 9.69 Å². The SMILES string of the molecule is CC(C)(C)OC(=O)N[C@@H](CC(=O)N1CCn2c(C(F)(F)F)nc(C(=O)OCCCCCN3CCOCC3)c2C1)Cc1cc(F)c(F)cc1F. The Morgan fingerprint density at radius 2 is 1.65 bits per heavy atom. The maximum atomic E-state index is 14.5. The van der Waals surface area contributed by atoms with Crippen molar-refractivity contribution in [3.63, 3.8) is 0 Å². The highest BCUT2D eigenvalue weighted by Crippen LogP contribution is 2.33. The zero-order chi connectivity index (χ0) is 35.9. The van der Waals surface area contributed by atoms with Crippen LogP contribution in [0.1, 0.15) is 74.0 Å². The van der Waals surface area contributed by atoms with Gasteiger partial charge in [-0.1, -0.05) is 0 Å². The first-order valence-corrected chi connectivity index (χ1v) is 16.1. The predicted octanol–water partition coefficient (Wildman–Crippen LogP) is 4.85. The number of hydrogen-bond acceptors (Lipinski definition) is 8. The Balaban J connectivity index is 1.44. The largest absolute Gasteiger partial charge is 0.461 e. The highest BCUT2D eigenvalue weighted by Gasteiger charge is 2.42. The molecule has 11 nitrogen and oxygen atoms in total. The second-order valence-electron chi connectivity index (χ2n) is 13.0. The summed E-state index contributed by atoms with van der Waals surface area (Å²) in [5.41, 5.74) is -2.01. The Kier molecular flexibility index (Phi) is 12.6. The van der Waals surface area contributed by atoms with Crippen LogP contribution in [-0.4, -0.2) is 95.0 Å². The number of nitrogens with one attached hydrogen (secondary N) is 1. The van der Waals surface area contributed by atoms with Crippen molar-refractivity contribution in [2.24, 2.45) is 0 Å². The van der Waals surface area contributed by atoms with E-state index in [2.05, 4.69) is 15.2 Å². The van der Waals surface area contributed by atoms with Gasteiger partial charge in [-0.25, -0.2) is 27.7 Å². The minimum absolute atomic E-state index is 0.0310. The van der Waals surface area contributed by atoms with Crippen LogP contribution in [0.25, 0.3) is 0 Å². The highest BCUT2D eigenvalue weighted by atomic mass is 19.4. The van der Waals surface area contributed by atoms with Crippen molar-refractivity contribution in [3.05, 3.63) is 52.4 Å². The molecule has 2 aliphatic heterocycles. The molecule has 0 spiro atoms. The van der Waals surface area contributed by atoms with Gasteiger partial charge in [0.05, 0.1) is 32.1 Å². The molecule has 2 amide bonds. The van der Waals surface area contributed by atoms with Crippen molar-refractivity contribution in [1.29, 1.82) is 0 Å². The normalized spacial score (nSPS) is 16.2. The summed E-state index contributed by atoms with van der Waals surface area (Å²) in [6, 6.07) is -0.237. The number of rotatable bonds is 12. The molecule has 17 heteroatoms. The molecule has 2 aromatic rings. The number of aromatic nitrogens is 2. The maximum absolute atomic E-state index is 14.5. The van der Waals surface area contributed by atoms with E-state index in [1.807, 2.05) is 0 Å². The third-order valence-corrected chi connectivity index (χ3v) is 7.96. The Morgan fingerprint density at radius 3 is 2.33 bits per heavy atom. The summed E-state index contributed by atoms with van der Waals surface area (Å²) in [6.07, 6.45) is -4.74. The molecule has 0 unspecified atom stereocenters. The smallest absolute Gasteiger partial charge is 0.449 e. The molecular formula is C32H41F6N5O6. The molecule has 49 heavy (non-hydrogen) atoms. The van der Waals surface area contributed by atoms with Gasteiger partial charge in [0.25, 0.3) is 0 Å². The average Bonchev–Trinajstić information content (AvgIpc) is 3.41. The molecule has 0 bridgehead atoms. The lowest BCUT2D eigenvalue weighted by molar-refractivity contribution is -0.148. The number of benzene rings is 1. The van der Waals surface area contributed by atoms with E-state index in [-0.39, 0.29) is 31.0 Å². The number of ether oxygens (including phenoxy) is 3. The van der Waals surface area contributed by atoms with Gasteiger partial charge >= 0.3 is 18.2 Å². The molecule has 4 rings (SSSR count). The van der Waals surface area contributed by atoms with E-state index in [4.69, 9.17) is 14.2 Å². The molecule has 1 aromatic carbocycles. The average molecular weight is 706 g/mol. The Labute approximate surface area is 279 Å². The van der Waals surface area contributed by atoms with Gasteiger partial charge in [0.15, 0.2) is 17.3 Å². The Hall–Kier alpha value is -3.86. The van der Waals surface area contributed by atoms with Gasteiger partial charge in [0, 0.05) is 44.7 Å². The second-order valence-corrected chi connectivity index (χ2v) is 13.0. The molecule has 0 radical (unpaired) electrons. The van der Waals surface area contributed by atoms with E-state index in [0.29, 0.717) is 31.8 Å². The summed E-state index contributed by atoms with van der Waals surface area (Å²) in [4.78, 5) is 46.0. The van der Waals surface area contributed by atoms with E-state index >= 15 is 0 Å². The number of nitrogens with zero attached hydrogens (tertiary/aromatic N) is 4. The van der Waals surface area contributed by atoms with Gasteiger partial charge in [-0.2, -0.15) is 13.2 Å². The van der Waals surface area contributed by atoms with Gasteiger partial charge in [-0.05, 0) is 64.6 Å². The molecular weight excluding hydrogens is 664 g/mol. The van der Waals surface area contributed by atoms with Gasteiger partial charge in [0.1, 0.15) is 11.4 Å². The molecule has 1 aromatic heterocycles. The summed E-state index contributed by atoms with van der Waals surface area (Å²) >= 11 is 0. The maximum Gasteiger partial charge on any atom is 0.449 e. The first-order chi connectivity index (χ1) is 23.0. The number of amides is 2. The Bertz CT molecular complexity index is 1490. The lowest BCUT2D eigenvalue weighted by Crippen LogP contribution is -2.45. The van der Waals surface area contributed by atoms with Crippen LogP contribution >= 0.6 is 0 Å². The van der Waals surface area contributed by atoms with Crippen molar-refractivity contribution < 1.29 is 54.9 Å². The molecule has 1 saturated heterocycles. The molecule has 3 heterocycles. The zero-order valence-electron chi connectivity index (χ0n) is 27.6. The third kappa shape index (κ3) is 10.8. The van der Waals surface area contributed by atoms with Crippen LogP contribution < -0.4 is 5.32 Å². The molecule has 0 aliphatic carbocycles. The van der Waals surface area contributed by atoms with Crippen molar-refractivity contribution in [1.82, 2.24) is 24.7 Å². The molecule has 1 fully saturated rings. The first kappa shape index (κ1) is 38.0. The number of hydrogen-bond donors (Lipinski definition) is 1. The summed E-state index contributed by atoms with van der Waals surface area (Å²) in [5, 5.41) is 2.44. The number of unbranched alkanes of at least 4 members (excludes halogenated alkanes) is 2. The van der Waals surface area contributed by atoms with E-state index < -0.39 is 84.1 Å². The molecule has 2 aliphatic rings. The van der Waals surface area contributed by atoms with Crippen LogP contribution in [0.15, 0.2) is 12.1 Å². The number of alkyl carbamates (subject to hydrolysis) is 1. The molecule has 0 saturated carbocycles. The van der Waals surface area contributed by atoms with Crippen LogP contribution in [0.3, 0.4) is 0 Å². The fourth-order valence-corrected chi connectivity index (χ4v) is 5.61. The minimum Gasteiger partial charge on any atom is -0.461 e. The molecule has 1 N–H and O–H groups in total. The fraction of sp³-hybridized carbons (Fsp3) is 0.625. The van der Waals surface area contributed by atoms with Crippen molar-refractivity contribution in [3.8, 4) is 0 Å². The number of carbonyl (C=O) groups excluding carboxylic acids is 3. The first-order valence-electron chi connectivity index (χ1n) is 16.1. The lowest BCUT2D eigenvalue weighted by atomic mass is 10.0. The van der Waals surface area contributed by atoms with E-state index in [1.54, 1.807) is 20.8 Å². The number of fused-ring (bicyclic) bond motifs is 1. The number of morpholine rings is 1.